The molecule has 1 unspecified atom stereocenters. The minimum absolute atomic E-state index is 0.192. The van der Waals surface area contributed by atoms with E-state index in [-0.39, 0.29) is 22.6 Å². The lowest BCUT2D eigenvalue weighted by molar-refractivity contribution is 0.396. The fourth-order valence-corrected chi connectivity index (χ4v) is 3.56. The van der Waals surface area contributed by atoms with Crippen LogP contribution in [0.5, 0.6) is 11.6 Å². The molecule has 0 saturated carbocycles. The highest BCUT2D eigenvalue weighted by molar-refractivity contribution is 9.10. The van der Waals surface area contributed by atoms with E-state index < -0.39 is 28.7 Å². The Morgan fingerprint density at radius 1 is 1.04 bits per heavy atom. The van der Waals surface area contributed by atoms with Crippen molar-refractivity contribution in [1.82, 2.24) is 9.13 Å². The summed E-state index contributed by atoms with van der Waals surface area (Å²) < 4.78 is 7.50. The molecular formula is C19H17BrN2O6. The van der Waals surface area contributed by atoms with E-state index in [1.54, 1.807) is 24.3 Å². The van der Waals surface area contributed by atoms with Crippen LogP contribution in [0.2, 0.25) is 0 Å². The molecule has 0 spiro atoms. The third kappa shape index (κ3) is 3.18. The highest BCUT2D eigenvalue weighted by Crippen LogP contribution is 2.37. The van der Waals surface area contributed by atoms with Gasteiger partial charge in [-0.15, -0.1) is 0 Å². The summed E-state index contributed by atoms with van der Waals surface area (Å²) >= 11 is 3.34. The Hall–Kier alpha value is -3.07. The van der Waals surface area contributed by atoms with E-state index >= 15 is 0 Å². The molecule has 8 nitrogen and oxygen atoms in total. The van der Waals surface area contributed by atoms with Crippen molar-refractivity contribution in [1.29, 1.82) is 0 Å². The molecule has 1 atom stereocenters. The third-order valence-electron chi connectivity index (χ3n) is 4.52. The summed E-state index contributed by atoms with van der Waals surface area (Å²) in [5, 5.41) is 21.1. The van der Waals surface area contributed by atoms with Gasteiger partial charge in [0, 0.05) is 24.6 Å². The first-order valence-electron chi connectivity index (χ1n) is 8.21. The van der Waals surface area contributed by atoms with Crippen molar-refractivity contribution in [3.05, 3.63) is 88.5 Å². The lowest BCUT2D eigenvalue weighted by Crippen LogP contribution is -2.40. The van der Waals surface area contributed by atoms with Crippen LogP contribution in [0.25, 0.3) is 0 Å². The zero-order valence-electron chi connectivity index (χ0n) is 15.3. The molecule has 0 aliphatic carbocycles. The number of hydrogen-bond donors (Lipinski definition) is 2. The number of aryl methyl sites for hydroxylation is 1. The Morgan fingerprint density at radius 3 is 2.32 bits per heavy atom. The standard InChI is InChI=1S/C19H17BrN2O6/c1-9-7-12(23)14(18(26)28-9)13(10-5-4-6-11(20)8-10)15-16(24)21(2)19(27)22(3)17(15)25/h4-8,13,23-24H,1-3H3. The van der Waals surface area contributed by atoms with Crippen LogP contribution < -0.4 is 16.9 Å². The molecule has 0 radical (unpaired) electrons. The summed E-state index contributed by atoms with van der Waals surface area (Å²) in [5.74, 6) is -1.96. The Bertz CT molecular complexity index is 1250. The molecule has 0 amide bonds. The lowest BCUT2D eigenvalue weighted by atomic mass is 9.86. The Labute approximate surface area is 167 Å². The van der Waals surface area contributed by atoms with E-state index in [2.05, 4.69) is 15.9 Å². The number of benzene rings is 1. The van der Waals surface area contributed by atoms with Crippen molar-refractivity contribution in [3.8, 4) is 11.6 Å². The largest absolute Gasteiger partial charge is 0.507 e. The van der Waals surface area contributed by atoms with Gasteiger partial charge < -0.3 is 14.6 Å². The zero-order chi connectivity index (χ0) is 20.7. The van der Waals surface area contributed by atoms with Gasteiger partial charge in [0.1, 0.15) is 11.5 Å². The Kier molecular flexibility index (Phi) is 5.03. The summed E-state index contributed by atoms with van der Waals surface area (Å²) in [5.41, 5.74) is -2.36. The molecule has 2 aromatic heterocycles. The zero-order valence-corrected chi connectivity index (χ0v) is 16.8. The first kappa shape index (κ1) is 19.7. The van der Waals surface area contributed by atoms with Crippen molar-refractivity contribution >= 4 is 15.9 Å². The SMILES string of the molecule is Cc1cc(O)c(C(c2cccc(Br)c2)c2c(O)n(C)c(=O)n(C)c2=O)c(=O)o1. The molecule has 146 valence electrons. The molecule has 0 saturated heterocycles. The molecule has 3 aromatic rings. The normalized spacial score (nSPS) is 12.1. The minimum Gasteiger partial charge on any atom is -0.507 e. The van der Waals surface area contributed by atoms with Crippen LogP contribution in [0.1, 0.15) is 28.4 Å². The smallest absolute Gasteiger partial charge is 0.343 e. The van der Waals surface area contributed by atoms with Gasteiger partial charge in [0.25, 0.3) is 5.56 Å². The first-order valence-corrected chi connectivity index (χ1v) is 9.00. The number of hydrogen-bond acceptors (Lipinski definition) is 6. The molecule has 3 rings (SSSR count). The molecule has 0 aliphatic rings. The fourth-order valence-electron chi connectivity index (χ4n) is 3.15. The molecule has 28 heavy (non-hydrogen) atoms. The molecule has 0 aliphatic heterocycles. The molecular weight excluding hydrogens is 432 g/mol. The maximum absolute atomic E-state index is 12.9. The number of nitrogens with zero attached hydrogens (tertiary/aromatic N) is 2. The predicted octanol–water partition coefficient (Wildman–Crippen LogP) is 1.70. The summed E-state index contributed by atoms with van der Waals surface area (Å²) in [6.07, 6.45) is 0. The van der Waals surface area contributed by atoms with Crippen LogP contribution in [-0.4, -0.2) is 19.3 Å². The average Bonchev–Trinajstić information content (AvgIpc) is 2.63. The number of halogens is 1. The number of aromatic hydroxyl groups is 2. The van der Waals surface area contributed by atoms with Crippen LogP contribution in [0.15, 0.2) is 53.6 Å². The van der Waals surface area contributed by atoms with Gasteiger partial charge >= 0.3 is 11.3 Å². The number of aromatic nitrogens is 2. The molecule has 2 N–H and O–H groups in total. The highest BCUT2D eigenvalue weighted by Gasteiger charge is 2.32. The van der Waals surface area contributed by atoms with E-state index in [4.69, 9.17) is 4.42 Å². The average molecular weight is 449 g/mol. The summed E-state index contributed by atoms with van der Waals surface area (Å²) in [4.78, 5) is 37.6. The highest BCUT2D eigenvalue weighted by atomic mass is 79.9. The van der Waals surface area contributed by atoms with Gasteiger partial charge in [0.05, 0.1) is 17.0 Å². The van der Waals surface area contributed by atoms with E-state index in [9.17, 15) is 24.6 Å². The Balaban J connectivity index is 2.50. The third-order valence-corrected chi connectivity index (χ3v) is 5.01. The summed E-state index contributed by atoms with van der Waals surface area (Å²) in [6.45, 7) is 1.50. The van der Waals surface area contributed by atoms with Crippen LogP contribution in [-0.2, 0) is 14.1 Å². The molecule has 0 bridgehead atoms. The van der Waals surface area contributed by atoms with Crippen LogP contribution in [0.4, 0.5) is 0 Å². The molecule has 0 fully saturated rings. The van der Waals surface area contributed by atoms with Gasteiger partial charge in [-0.25, -0.2) is 9.59 Å². The fraction of sp³-hybridized carbons (Fsp3) is 0.211. The summed E-state index contributed by atoms with van der Waals surface area (Å²) in [7, 11) is 2.57. The van der Waals surface area contributed by atoms with Crippen molar-refractivity contribution in [2.75, 3.05) is 0 Å². The molecule has 9 heteroatoms. The van der Waals surface area contributed by atoms with Gasteiger partial charge in [0.15, 0.2) is 0 Å². The van der Waals surface area contributed by atoms with Crippen molar-refractivity contribution in [3.63, 3.8) is 0 Å². The first-order chi connectivity index (χ1) is 13.1. The van der Waals surface area contributed by atoms with E-state index in [1.165, 1.54) is 27.1 Å². The second-order valence-electron chi connectivity index (χ2n) is 6.37. The Morgan fingerprint density at radius 2 is 1.71 bits per heavy atom. The molecule has 2 heterocycles. The maximum atomic E-state index is 12.9. The predicted molar refractivity (Wildman–Crippen MR) is 105 cm³/mol. The van der Waals surface area contributed by atoms with E-state index in [0.29, 0.717) is 10.0 Å². The van der Waals surface area contributed by atoms with Gasteiger partial charge in [-0.3, -0.25) is 13.9 Å². The topological polar surface area (TPSA) is 115 Å². The molecule has 1 aromatic carbocycles. The van der Waals surface area contributed by atoms with E-state index in [0.717, 1.165) is 9.13 Å². The monoisotopic (exact) mass is 448 g/mol. The van der Waals surface area contributed by atoms with Gasteiger partial charge in [-0.2, -0.15) is 0 Å². The number of rotatable bonds is 3. The van der Waals surface area contributed by atoms with Crippen molar-refractivity contribution in [2.45, 2.75) is 12.8 Å². The van der Waals surface area contributed by atoms with Gasteiger partial charge in [0.2, 0.25) is 5.88 Å². The minimum atomic E-state index is -1.17. The van der Waals surface area contributed by atoms with Gasteiger partial charge in [-0.1, -0.05) is 28.1 Å². The van der Waals surface area contributed by atoms with Crippen molar-refractivity contribution in [2.24, 2.45) is 14.1 Å². The van der Waals surface area contributed by atoms with Crippen molar-refractivity contribution < 1.29 is 14.6 Å². The van der Waals surface area contributed by atoms with Crippen LogP contribution >= 0.6 is 15.9 Å². The lowest BCUT2D eigenvalue weighted by Gasteiger charge is -2.20. The van der Waals surface area contributed by atoms with Gasteiger partial charge in [-0.05, 0) is 24.6 Å². The van der Waals surface area contributed by atoms with Crippen LogP contribution in [0.3, 0.4) is 0 Å². The quantitative estimate of drug-likeness (QED) is 0.629. The van der Waals surface area contributed by atoms with Crippen LogP contribution in [0, 0.1) is 6.92 Å². The maximum Gasteiger partial charge on any atom is 0.343 e. The van der Waals surface area contributed by atoms with E-state index in [1.807, 2.05) is 0 Å². The summed E-state index contributed by atoms with van der Waals surface area (Å²) in [6, 6.07) is 7.97. The second kappa shape index (κ2) is 7.16. The second-order valence-corrected chi connectivity index (χ2v) is 7.29.